The molecule has 3 aromatic rings. The molecule has 0 atom stereocenters. The maximum atomic E-state index is 12.0. The number of nitrogens with zero attached hydrogens (tertiary/aromatic N) is 1. The standard InChI is InChI=1S/C18H21N3O2S/c1-3-11-24(22,23)21-14-5-6-15(13(4-2)12-14)16-7-9-19-18-17(16)8-10-20-18/h5-10,12,21H,3-4,11H2,1-2H3,(H,19,20). The molecule has 0 radical (unpaired) electrons. The third kappa shape index (κ3) is 3.28. The number of aryl methyl sites for hydroxylation is 1. The van der Waals surface area contributed by atoms with Crippen LogP contribution in [-0.4, -0.2) is 24.1 Å². The Morgan fingerprint density at radius 2 is 1.96 bits per heavy atom. The fraction of sp³-hybridized carbons (Fsp3) is 0.278. The predicted molar refractivity (Wildman–Crippen MR) is 98.6 cm³/mol. The average Bonchev–Trinajstić information content (AvgIpc) is 3.03. The van der Waals surface area contributed by atoms with Gasteiger partial charge in [-0.15, -0.1) is 0 Å². The molecule has 0 saturated heterocycles. The Hall–Kier alpha value is -2.34. The number of hydrogen-bond acceptors (Lipinski definition) is 3. The summed E-state index contributed by atoms with van der Waals surface area (Å²) in [5, 5.41) is 1.06. The molecule has 0 aliphatic heterocycles. The number of nitrogens with one attached hydrogen (secondary N) is 2. The van der Waals surface area contributed by atoms with Crippen LogP contribution in [-0.2, 0) is 16.4 Å². The number of fused-ring (bicyclic) bond motifs is 1. The zero-order valence-electron chi connectivity index (χ0n) is 13.8. The van der Waals surface area contributed by atoms with Crippen molar-refractivity contribution in [3.63, 3.8) is 0 Å². The number of benzene rings is 1. The van der Waals surface area contributed by atoms with Gasteiger partial charge in [0.2, 0.25) is 10.0 Å². The summed E-state index contributed by atoms with van der Waals surface area (Å²) in [6.07, 6.45) is 5.06. The Bertz CT molecular complexity index is 961. The molecular weight excluding hydrogens is 322 g/mol. The van der Waals surface area contributed by atoms with Gasteiger partial charge in [-0.2, -0.15) is 0 Å². The Morgan fingerprint density at radius 3 is 2.71 bits per heavy atom. The van der Waals surface area contributed by atoms with Crippen LogP contribution in [0.15, 0.2) is 42.7 Å². The van der Waals surface area contributed by atoms with Crippen molar-refractivity contribution in [1.82, 2.24) is 9.97 Å². The van der Waals surface area contributed by atoms with Crippen molar-refractivity contribution in [2.75, 3.05) is 10.5 Å². The van der Waals surface area contributed by atoms with E-state index >= 15 is 0 Å². The van der Waals surface area contributed by atoms with E-state index in [0.717, 1.165) is 34.1 Å². The number of pyridine rings is 1. The Labute approximate surface area is 142 Å². The van der Waals surface area contributed by atoms with E-state index in [9.17, 15) is 8.42 Å². The molecular formula is C18H21N3O2S. The van der Waals surface area contributed by atoms with Gasteiger partial charge in [0.05, 0.1) is 5.75 Å². The maximum absolute atomic E-state index is 12.0. The molecule has 0 fully saturated rings. The van der Waals surface area contributed by atoms with Gasteiger partial charge in [-0.05, 0) is 53.8 Å². The third-order valence-electron chi connectivity index (χ3n) is 3.98. The number of hydrogen-bond donors (Lipinski definition) is 2. The molecule has 0 saturated carbocycles. The smallest absolute Gasteiger partial charge is 0.232 e. The van der Waals surface area contributed by atoms with Crippen LogP contribution in [0.25, 0.3) is 22.2 Å². The van der Waals surface area contributed by atoms with Crippen molar-refractivity contribution in [1.29, 1.82) is 0 Å². The molecule has 2 heterocycles. The molecule has 5 nitrogen and oxygen atoms in total. The highest BCUT2D eigenvalue weighted by Gasteiger charge is 2.13. The predicted octanol–water partition coefficient (Wildman–Crippen LogP) is 3.94. The molecule has 0 bridgehead atoms. The fourth-order valence-corrected chi connectivity index (χ4v) is 4.03. The molecule has 24 heavy (non-hydrogen) atoms. The van der Waals surface area contributed by atoms with Crippen LogP contribution in [0.2, 0.25) is 0 Å². The Morgan fingerprint density at radius 1 is 1.12 bits per heavy atom. The molecule has 0 spiro atoms. The molecule has 2 aromatic heterocycles. The van der Waals surface area contributed by atoms with E-state index in [2.05, 4.69) is 21.6 Å². The van der Waals surface area contributed by atoms with Crippen molar-refractivity contribution in [2.24, 2.45) is 0 Å². The summed E-state index contributed by atoms with van der Waals surface area (Å²) in [4.78, 5) is 7.44. The van der Waals surface area contributed by atoms with Crippen LogP contribution < -0.4 is 4.72 Å². The molecule has 6 heteroatoms. The van der Waals surface area contributed by atoms with E-state index in [1.54, 1.807) is 6.20 Å². The second kappa shape index (κ2) is 6.65. The zero-order valence-corrected chi connectivity index (χ0v) is 14.7. The topological polar surface area (TPSA) is 74.8 Å². The highest BCUT2D eigenvalue weighted by molar-refractivity contribution is 7.92. The summed E-state index contributed by atoms with van der Waals surface area (Å²) in [7, 11) is -3.28. The zero-order chi connectivity index (χ0) is 17.2. The minimum atomic E-state index is -3.28. The van der Waals surface area contributed by atoms with Gasteiger partial charge in [0.15, 0.2) is 0 Å². The first-order chi connectivity index (χ1) is 11.5. The summed E-state index contributed by atoms with van der Waals surface area (Å²) >= 11 is 0. The van der Waals surface area contributed by atoms with Gasteiger partial charge < -0.3 is 4.98 Å². The lowest BCUT2D eigenvalue weighted by Gasteiger charge is -2.13. The normalized spacial score (nSPS) is 11.8. The van der Waals surface area contributed by atoms with E-state index in [-0.39, 0.29) is 5.75 Å². The highest BCUT2D eigenvalue weighted by Crippen LogP contribution is 2.32. The largest absolute Gasteiger partial charge is 0.346 e. The van der Waals surface area contributed by atoms with E-state index in [1.807, 2.05) is 43.5 Å². The quantitative estimate of drug-likeness (QED) is 0.712. The van der Waals surface area contributed by atoms with Crippen molar-refractivity contribution in [3.05, 3.63) is 48.3 Å². The second-order valence-electron chi connectivity index (χ2n) is 5.74. The van der Waals surface area contributed by atoms with Crippen molar-refractivity contribution >= 4 is 26.7 Å². The number of sulfonamides is 1. The second-order valence-corrected chi connectivity index (χ2v) is 7.59. The van der Waals surface area contributed by atoms with Crippen LogP contribution in [0.5, 0.6) is 0 Å². The molecule has 0 unspecified atom stereocenters. The first-order valence-electron chi connectivity index (χ1n) is 8.10. The molecule has 0 aliphatic rings. The van der Waals surface area contributed by atoms with E-state index in [0.29, 0.717) is 12.1 Å². The Balaban J connectivity index is 2.03. The summed E-state index contributed by atoms with van der Waals surface area (Å²) in [5.41, 5.74) is 4.76. The molecule has 2 N–H and O–H groups in total. The fourth-order valence-electron chi connectivity index (χ4n) is 2.91. The molecule has 0 amide bonds. The van der Waals surface area contributed by atoms with Crippen LogP contribution in [0.3, 0.4) is 0 Å². The minimum absolute atomic E-state index is 0.130. The first kappa shape index (κ1) is 16.5. The lowest BCUT2D eigenvalue weighted by Crippen LogP contribution is -2.16. The molecule has 1 aromatic carbocycles. The Kier molecular flexibility index (Phi) is 4.57. The highest BCUT2D eigenvalue weighted by atomic mass is 32.2. The number of rotatable bonds is 6. The lowest BCUT2D eigenvalue weighted by molar-refractivity contribution is 0.600. The van der Waals surface area contributed by atoms with Crippen molar-refractivity contribution < 1.29 is 8.42 Å². The van der Waals surface area contributed by atoms with Gasteiger partial charge in [0.25, 0.3) is 0 Å². The van der Waals surface area contributed by atoms with Crippen LogP contribution in [0.1, 0.15) is 25.8 Å². The van der Waals surface area contributed by atoms with Crippen molar-refractivity contribution in [3.8, 4) is 11.1 Å². The number of aromatic nitrogens is 2. The maximum Gasteiger partial charge on any atom is 0.232 e. The van der Waals surface area contributed by atoms with Crippen LogP contribution in [0, 0.1) is 0 Å². The van der Waals surface area contributed by atoms with Crippen LogP contribution >= 0.6 is 0 Å². The lowest BCUT2D eigenvalue weighted by atomic mass is 9.96. The summed E-state index contributed by atoms with van der Waals surface area (Å²) in [5.74, 6) is 0.130. The SMILES string of the molecule is CCCS(=O)(=O)Nc1ccc(-c2ccnc3[nH]ccc23)c(CC)c1. The molecule has 3 rings (SSSR count). The van der Waals surface area contributed by atoms with Gasteiger partial charge in [0.1, 0.15) is 5.65 Å². The first-order valence-corrected chi connectivity index (χ1v) is 9.75. The van der Waals surface area contributed by atoms with Gasteiger partial charge in [-0.25, -0.2) is 13.4 Å². The van der Waals surface area contributed by atoms with E-state index in [1.165, 1.54) is 0 Å². The van der Waals surface area contributed by atoms with Gasteiger partial charge in [-0.1, -0.05) is 19.9 Å². The van der Waals surface area contributed by atoms with E-state index < -0.39 is 10.0 Å². The average molecular weight is 343 g/mol. The van der Waals surface area contributed by atoms with Crippen molar-refractivity contribution in [2.45, 2.75) is 26.7 Å². The minimum Gasteiger partial charge on any atom is -0.346 e. The van der Waals surface area contributed by atoms with E-state index in [4.69, 9.17) is 0 Å². The van der Waals surface area contributed by atoms with Gasteiger partial charge >= 0.3 is 0 Å². The number of anilines is 1. The van der Waals surface area contributed by atoms with Gasteiger partial charge in [0, 0.05) is 23.5 Å². The molecule has 0 aliphatic carbocycles. The molecule has 126 valence electrons. The number of aromatic amines is 1. The summed E-state index contributed by atoms with van der Waals surface area (Å²) in [6, 6.07) is 9.72. The number of H-pyrrole nitrogens is 1. The summed E-state index contributed by atoms with van der Waals surface area (Å²) in [6.45, 7) is 3.92. The van der Waals surface area contributed by atoms with Crippen LogP contribution in [0.4, 0.5) is 5.69 Å². The van der Waals surface area contributed by atoms with Gasteiger partial charge in [-0.3, -0.25) is 4.72 Å². The third-order valence-corrected chi connectivity index (χ3v) is 5.48. The summed E-state index contributed by atoms with van der Waals surface area (Å²) < 4.78 is 26.6. The monoisotopic (exact) mass is 343 g/mol.